The van der Waals surface area contributed by atoms with E-state index in [-0.39, 0.29) is 24.2 Å². The maximum Gasteiger partial charge on any atom is 0.330 e. The largest absolute Gasteiger partial charge is 0.467 e. The summed E-state index contributed by atoms with van der Waals surface area (Å²) in [6.45, 7) is 1.66. The fourth-order valence-corrected chi connectivity index (χ4v) is 4.10. The predicted molar refractivity (Wildman–Crippen MR) is 119 cm³/mol. The van der Waals surface area contributed by atoms with E-state index in [1.807, 2.05) is 6.08 Å². The molecule has 0 saturated heterocycles. The molecule has 0 bridgehead atoms. The van der Waals surface area contributed by atoms with E-state index in [1.165, 1.54) is 7.11 Å². The monoisotopic (exact) mass is 439 g/mol. The summed E-state index contributed by atoms with van der Waals surface area (Å²) >= 11 is 0. The van der Waals surface area contributed by atoms with Gasteiger partial charge < -0.3 is 20.3 Å². The summed E-state index contributed by atoms with van der Waals surface area (Å²) in [4.78, 5) is 35.5. The molecule has 1 saturated carbocycles. The molecule has 31 heavy (non-hydrogen) atoms. The molecule has 1 rings (SSSR count). The Labute approximate surface area is 186 Å². The molecule has 0 radical (unpaired) electrons. The zero-order valence-electron chi connectivity index (χ0n) is 19.2. The van der Waals surface area contributed by atoms with Gasteiger partial charge in [-0.3, -0.25) is 9.59 Å². The lowest BCUT2D eigenvalue weighted by Crippen LogP contribution is -2.43. The standard InChI is InChI=1S/C24H41NO6/c1-3-4-7-10-19(27)15-13-18-14-16-22(28)20(18)11-8-5-6-9-12-23(29)25-21(17-26)24(30)31-2/h13,15,18-21,26-27H,3-12,14,16-17H2,1-2H3,(H,25,29)/b15-13+/t18-,19+,20+,21?/m0/s1. The Kier molecular flexibility index (Phi) is 14.1. The van der Waals surface area contributed by atoms with E-state index in [9.17, 15) is 19.5 Å². The van der Waals surface area contributed by atoms with Crippen molar-refractivity contribution in [1.82, 2.24) is 5.32 Å². The first kappa shape index (κ1) is 27.3. The van der Waals surface area contributed by atoms with Crippen LogP contribution < -0.4 is 5.32 Å². The van der Waals surface area contributed by atoms with E-state index in [0.29, 0.717) is 18.6 Å². The Morgan fingerprint density at radius 3 is 2.61 bits per heavy atom. The average Bonchev–Trinajstić information content (AvgIpc) is 3.11. The van der Waals surface area contributed by atoms with Gasteiger partial charge in [0.25, 0.3) is 0 Å². The van der Waals surface area contributed by atoms with E-state index in [2.05, 4.69) is 23.1 Å². The van der Waals surface area contributed by atoms with Crippen LogP contribution in [0, 0.1) is 11.8 Å². The summed E-state index contributed by atoms with van der Waals surface area (Å²) in [6, 6.07) is -1.01. The van der Waals surface area contributed by atoms with Crippen LogP contribution in [-0.2, 0) is 19.1 Å². The van der Waals surface area contributed by atoms with E-state index >= 15 is 0 Å². The quantitative estimate of drug-likeness (QED) is 0.194. The zero-order valence-corrected chi connectivity index (χ0v) is 19.2. The van der Waals surface area contributed by atoms with Gasteiger partial charge in [0.2, 0.25) is 5.91 Å². The summed E-state index contributed by atoms with van der Waals surface area (Å²) in [5.41, 5.74) is 0. The van der Waals surface area contributed by atoms with Crippen LogP contribution in [0.3, 0.4) is 0 Å². The predicted octanol–water partition coefficient (Wildman–Crippen LogP) is 3.07. The van der Waals surface area contributed by atoms with Crippen LogP contribution in [0.4, 0.5) is 0 Å². The molecule has 3 N–H and O–H groups in total. The molecule has 4 atom stereocenters. The van der Waals surface area contributed by atoms with E-state index in [4.69, 9.17) is 5.11 Å². The fourth-order valence-electron chi connectivity index (χ4n) is 4.10. The number of allylic oxidation sites excluding steroid dienone is 1. The molecular formula is C24H41NO6. The summed E-state index contributed by atoms with van der Waals surface area (Å²) in [5, 5.41) is 21.7. The zero-order chi connectivity index (χ0) is 23.1. The van der Waals surface area contributed by atoms with Gasteiger partial charge >= 0.3 is 5.97 Å². The Morgan fingerprint density at radius 2 is 1.94 bits per heavy atom. The molecule has 1 amide bonds. The molecule has 1 aliphatic rings. The fraction of sp³-hybridized carbons (Fsp3) is 0.792. The van der Waals surface area contributed by atoms with Crippen LogP contribution in [0.15, 0.2) is 12.2 Å². The number of Topliss-reactive ketones (excluding diaryl/α,β-unsaturated/α-hetero) is 1. The topological polar surface area (TPSA) is 113 Å². The first-order valence-electron chi connectivity index (χ1n) is 11.8. The van der Waals surface area contributed by atoms with Gasteiger partial charge in [0.15, 0.2) is 6.04 Å². The smallest absolute Gasteiger partial charge is 0.330 e. The SMILES string of the molecule is CCCCC[C@@H](O)/C=C/[C@H]1CCC(=O)[C@@H]1CCCCCCC(=O)NC(CO)C(=O)OC. The lowest BCUT2D eigenvalue weighted by Gasteiger charge is -2.16. The third kappa shape index (κ3) is 10.9. The van der Waals surface area contributed by atoms with Crippen molar-refractivity contribution in [3.05, 3.63) is 12.2 Å². The van der Waals surface area contributed by atoms with Crippen LogP contribution in [0.25, 0.3) is 0 Å². The lowest BCUT2D eigenvalue weighted by atomic mass is 9.89. The molecule has 178 valence electrons. The summed E-state index contributed by atoms with van der Waals surface area (Å²) in [6.07, 6.45) is 13.6. The van der Waals surface area contributed by atoms with Crippen molar-refractivity contribution < 1.29 is 29.3 Å². The molecule has 1 unspecified atom stereocenters. The maximum atomic E-state index is 12.3. The Hall–Kier alpha value is -1.73. The highest BCUT2D eigenvalue weighted by Crippen LogP contribution is 2.34. The number of aliphatic hydroxyl groups excluding tert-OH is 2. The number of methoxy groups -OCH3 is 1. The lowest BCUT2D eigenvalue weighted by molar-refractivity contribution is -0.146. The van der Waals surface area contributed by atoms with Crippen molar-refractivity contribution in [2.24, 2.45) is 11.8 Å². The molecule has 0 spiro atoms. The van der Waals surface area contributed by atoms with E-state index < -0.39 is 24.7 Å². The van der Waals surface area contributed by atoms with Crippen molar-refractivity contribution in [2.75, 3.05) is 13.7 Å². The number of hydrogen-bond donors (Lipinski definition) is 3. The van der Waals surface area contributed by atoms with Gasteiger partial charge in [-0.15, -0.1) is 0 Å². The number of carbonyl (C=O) groups is 3. The van der Waals surface area contributed by atoms with Crippen molar-refractivity contribution in [3.63, 3.8) is 0 Å². The number of hydrogen-bond acceptors (Lipinski definition) is 6. The molecule has 0 heterocycles. The summed E-state index contributed by atoms with van der Waals surface area (Å²) < 4.78 is 4.52. The first-order valence-corrected chi connectivity index (χ1v) is 11.8. The second-order valence-corrected chi connectivity index (χ2v) is 8.50. The number of nitrogens with one attached hydrogen (secondary N) is 1. The van der Waals surface area contributed by atoms with Crippen molar-refractivity contribution in [3.8, 4) is 0 Å². The molecule has 0 aliphatic heterocycles. The normalized spacial score (nSPS) is 20.7. The third-order valence-corrected chi connectivity index (χ3v) is 6.01. The van der Waals surface area contributed by atoms with E-state index in [0.717, 1.165) is 57.8 Å². The van der Waals surface area contributed by atoms with Crippen LogP contribution in [0.1, 0.15) is 84.0 Å². The number of amides is 1. The minimum absolute atomic E-state index is 0.0489. The summed E-state index contributed by atoms with van der Waals surface area (Å²) in [7, 11) is 1.21. The number of rotatable bonds is 16. The first-order chi connectivity index (χ1) is 14.9. The van der Waals surface area contributed by atoms with Crippen LogP contribution in [0.5, 0.6) is 0 Å². The minimum Gasteiger partial charge on any atom is -0.467 e. The second kappa shape index (κ2) is 16.0. The molecule has 7 heteroatoms. The number of esters is 1. The molecule has 0 aromatic heterocycles. The van der Waals surface area contributed by atoms with Crippen LogP contribution in [0.2, 0.25) is 0 Å². The van der Waals surface area contributed by atoms with Gasteiger partial charge in [-0.05, 0) is 31.6 Å². The number of ketones is 1. The molecule has 0 aromatic carbocycles. The highest BCUT2D eigenvalue weighted by molar-refractivity contribution is 5.84. The third-order valence-electron chi connectivity index (χ3n) is 6.01. The van der Waals surface area contributed by atoms with Gasteiger partial charge in [-0.2, -0.15) is 0 Å². The molecule has 0 aromatic rings. The average molecular weight is 440 g/mol. The molecule has 1 fully saturated rings. The Balaban J connectivity index is 2.25. The van der Waals surface area contributed by atoms with Crippen LogP contribution >= 0.6 is 0 Å². The van der Waals surface area contributed by atoms with Crippen molar-refractivity contribution in [1.29, 1.82) is 0 Å². The highest BCUT2D eigenvalue weighted by atomic mass is 16.5. The second-order valence-electron chi connectivity index (χ2n) is 8.50. The number of unbranched alkanes of at least 4 members (excludes halogenated alkanes) is 5. The number of ether oxygens (including phenoxy) is 1. The van der Waals surface area contributed by atoms with Gasteiger partial charge in [-0.1, -0.05) is 57.6 Å². The molecular weight excluding hydrogens is 398 g/mol. The van der Waals surface area contributed by atoms with Gasteiger partial charge in [0.05, 0.1) is 19.8 Å². The Bertz CT molecular complexity index is 576. The van der Waals surface area contributed by atoms with Gasteiger partial charge in [0.1, 0.15) is 5.78 Å². The van der Waals surface area contributed by atoms with Crippen LogP contribution in [-0.4, -0.2) is 53.7 Å². The van der Waals surface area contributed by atoms with Crippen molar-refractivity contribution in [2.45, 2.75) is 96.1 Å². The molecule has 7 nitrogen and oxygen atoms in total. The Morgan fingerprint density at radius 1 is 1.19 bits per heavy atom. The maximum absolute atomic E-state index is 12.3. The minimum atomic E-state index is -1.01. The van der Waals surface area contributed by atoms with Crippen molar-refractivity contribution >= 4 is 17.7 Å². The molecule has 1 aliphatic carbocycles. The van der Waals surface area contributed by atoms with Gasteiger partial charge in [-0.25, -0.2) is 4.79 Å². The number of carbonyl (C=O) groups excluding carboxylic acids is 3. The van der Waals surface area contributed by atoms with Gasteiger partial charge in [0, 0.05) is 18.8 Å². The van der Waals surface area contributed by atoms with E-state index in [1.54, 1.807) is 0 Å². The summed E-state index contributed by atoms with van der Waals surface area (Å²) in [5.74, 6) is -0.333. The number of aliphatic hydroxyl groups is 2. The highest BCUT2D eigenvalue weighted by Gasteiger charge is 2.32.